The van der Waals surface area contributed by atoms with Crippen molar-refractivity contribution >= 4 is 5.69 Å². The highest BCUT2D eigenvalue weighted by Crippen LogP contribution is 2.18. The van der Waals surface area contributed by atoms with Crippen LogP contribution < -0.4 is 10.1 Å². The summed E-state index contributed by atoms with van der Waals surface area (Å²) >= 11 is 0. The average Bonchev–Trinajstić information content (AvgIpc) is 2.42. The van der Waals surface area contributed by atoms with Crippen LogP contribution in [0.1, 0.15) is 18.1 Å². The molecule has 0 unspecified atom stereocenters. The molecule has 3 heteroatoms. The van der Waals surface area contributed by atoms with Gasteiger partial charge in [0.25, 0.3) is 0 Å². The van der Waals surface area contributed by atoms with Crippen molar-refractivity contribution in [1.29, 1.82) is 0 Å². The maximum absolute atomic E-state index is 13.6. The number of hydrogen-bond donors (Lipinski definition) is 1. The maximum atomic E-state index is 13.6. The van der Waals surface area contributed by atoms with Gasteiger partial charge in [-0.25, -0.2) is 4.39 Å². The minimum atomic E-state index is -0.225. The lowest BCUT2D eigenvalue weighted by atomic mass is 10.2. The van der Waals surface area contributed by atoms with Crippen molar-refractivity contribution < 1.29 is 9.13 Å². The molecule has 0 aliphatic heterocycles. The van der Waals surface area contributed by atoms with Gasteiger partial charge in [-0.3, -0.25) is 0 Å². The zero-order valence-corrected chi connectivity index (χ0v) is 11.2. The van der Waals surface area contributed by atoms with Crippen LogP contribution >= 0.6 is 0 Å². The molecule has 1 N–H and O–H groups in total. The van der Waals surface area contributed by atoms with Crippen LogP contribution in [0, 0.1) is 12.7 Å². The van der Waals surface area contributed by atoms with Crippen LogP contribution in [-0.2, 0) is 6.54 Å². The number of halogens is 1. The molecule has 2 nitrogen and oxygen atoms in total. The van der Waals surface area contributed by atoms with Gasteiger partial charge in [-0.15, -0.1) is 0 Å². The Labute approximate surface area is 113 Å². The molecule has 100 valence electrons. The normalized spacial score (nSPS) is 10.3. The Morgan fingerprint density at radius 1 is 1.11 bits per heavy atom. The molecule has 0 amide bonds. The molecule has 0 saturated heterocycles. The van der Waals surface area contributed by atoms with Crippen molar-refractivity contribution in [1.82, 2.24) is 0 Å². The average molecular weight is 259 g/mol. The molecule has 2 aromatic carbocycles. The lowest BCUT2D eigenvalue weighted by molar-refractivity contribution is 0.340. The molecule has 0 fully saturated rings. The molecule has 0 heterocycles. The molecule has 2 rings (SSSR count). The molecule has 0 aromatic heterocycles. The quantitative estimate of drug-likeness (QED) is 0.871. The van der Waals surface area contributed by atoms with E-state index in [4.69, 9.17) is 4.74 Å². The maximum Gasteiger partial charge on any atom is 0.146 e. The molecular weight excluding hydrogens is 241 g/mol. The van der Waals surface area contributed by atoms with Gasteiger partial charge in [0.05, 0.1) is 12.3 Å². The van der Waals surface area contributed by atoms with Crippen molar-refractivity contribution in [3.8, 4) is 5.75 Å². The second-order valence-corrected chi connectivity index (χ2v) is 4.41. The predicted octanol–water partition coefficient (Wildman–Crippen LogP) is 4.14. The lowest BCUT2D eigenvalue weighted by Gasteiger charge is -2.09. The fourth-order valence-electron chi connectivity index (χ4n) is 1.84. The van der Waals surface area contributed by atoms with E-state index >= 15 is 0 Å². The number of aryl methyl sites for hydroxylation is 1. The largest absolute Gasteiger partial charge is 0.494 e. The monoisotopic (exact) mass is 259 g/mol. The predicted molar refractivity (Wildman–Crippen MR) is 76.1 cm³/mol. The molecule has 0 atom stereocenters. The Morgan fingerprint density at radius 2 is 1.84 bits per heavy atom. The van der Waals surface area contributed by atoms with Crippen LogP contribution in [0.5, 0.6) is 5.75 Å². The van der Waals surface area contributed by atoms with Crippen LogP contribution in [0.25, 0.3) is 0 Å². The van der Waals surface area contributed by atoms with E-state index in [2.05, 4.69) is 5.32 Å². The van der Waals surface area contributed by atoms with Crippen LogP contribution in [0.3, 0.4) is 0 Å². The molecule has 2 aromatic rings. The number of rotatable bonds is 5. The Balaban J connectivity index is 2.00. The third-order valence-electron chi connectivity index (χ3n) is 2.84. The zero-order valence-electron chi connectivity index (χ0n) is 11.2. The van der Waals surface area contributed by atoms with Gasteiger partial charge in [-0.1, -0.05) is 18.2 Å². The van der Waals surface area contributed by atoms with E-state index in [0.29, 0.717) is 18.8 Å². The minimum Gasteiger partial charge on any atom is -0.494 e. The summed E-state index contributed by atoms with van der Waals surface area (Å²) in [6, 6.07) is 12.9. The first kappa shape index (κ1) is 13.4. The summed E-state index contributed by atoms with van der Waals surface area (Å²) in [6.07, 6.45) is 0. The third-order valence-corrected chi connectivity index (χ3v) is 2.84. The van der Waals surface area contributed by atoms with Gasteiger partial charge in [0, 0.05) is 6.54 Å². The summed E-state index contributed by atoms with van der Waals surface area (Å²) in [4.78, 5) is 0. The molecule has 0 bridgehead atoms. The van der Waals surface area contributed by atoms with E-state index in [1.54, 1.807) is 6.07 Å². The molecule has 0 saturated carbocycles. The van der Waals surface area contributed by atoms with Gasteiger partial charge >= 0.3 is 0 Å². The SMILES string of the molecule is CCOc1ccc(CNc2cc(C)ccc2F)cc1. The summed E-state index contributed by atoms with van der Waals surface area (Å²) < 4.78 is 18.9. The number of nitrogens with one attached hydrogen (secondary N) is 1. The van der Waals surface area contributed by atoms with Crippen molar-refractivity contribution in [3.63, 3.8) is 0 Å². The minimum absolute atomic E-state index is 0.225. The van der Waals surface area contributed by atoms with Crippen molar-refractivity contribution in [3.05, 3.63) is 59.4 Å². The van der Waals surface area contributed by atoms with E-state index in [1.807, 2.05) is 44.2 Å². The number of hydrogen-bond acceptors (Lipinski definition) is 2. The van der Waals surface area contributed by atoms with Crippen LogP contribution in [0.15, 0.2) is 42.5 Å². The molecular formula is C16H18FNO. The topological polar surface area (TPSA) is 21.3 Å². The van der Waals surface area contributed by atoms with Crippen LogP contribution in [-0.4, -0.2) is 6.61 Å². The Kier molecular flexibility index (Phi) is 4.39. The number of anilines is 1. The first-order valence-corrected chi connectivity index (χ1v) is 6.41. The standard InChI is InChI=1S/C16H18FNO/c1-3-19-14-7-5-13(6-8-14)11-18-16-10-12(2)4-9-15(16)17/h4-10,18H,3,11H2,1-2H3. The first-order chi connectivity index (χ1) is 9.19. The Bertz CT molecular complexity index is 537. The number of benzene rings is 2. The second kappa shape index (κ2) is 6.23. The van der Waals surface area contributed by atoms with Gasteiger partial charge in [-0.05, 0) is 49.2 Å². The molecule has 0 spiro atoms. The van der Waals surface area contributed by atoms with Gasteiger partial charge < -0.3 is 10.1 Å². The van der Waals surface area contributed by atoms with E-state index in [9.17, 15) is 4.39 Å². The summed E-state index contributed by atoms with van der Waals surface area (Å²) in [5.74, 6) is 0.629. The van der Waals surface area contributed by atoms with E-state index in [-0.39, 0.29) is 5.82 Å². The molecule has 0 aliphatic rings. The molecule has 0 radical (unpaired) electrons. The van der Waals surface area contributed by atoms with E-state index in [0.717, 1.165) is 16.9 Å². The van der Waals surface area contributed by atoms with Gasteiger partial charge in [-0.2, -0.15) is 0 Å². The highest BCUT2D eigenvalue weighted by Gasteiger charge is 2.02. The van der Waals surface area contributed by atoms with E-state index < -0.39 is 0 Å². The van der Waals surface area contributed by atoms with Crippen LogP contribution in [0.2, 0.25) is 0 Å². The smallest absolute Gasteiger partial charge is 0.146 e. The van der Waals surface area contributed by atoms with Crippen molar-refractivity contribution in [2.45, 2.75) is 20.4 Å². The summed E-state index contributed by atoms with van der Waals surface area (Å²) in [5.41, 5.74) is 2.66. The van der Waals surface area contributed by atoms with Gasteiger partial charge in [0.1, 0.15) is 11.6 Å². The second-order valence-electron chi connectivity index (χ2n) is 4.41. The van der Waals surface area contributed by atoms with Crippen LogP contribution in [0.4, 0.5) is 10.1 Å². The molecule has 0 aliphatic carbocycles. The Hall–Kier alpha value is -2.03. The number of ether oxygens (including phenoxy) is 1. The summed E-state index contributed by atoms with van der Waals surface area (Å²) in [7, 11) is 0. The highest BCUT2D eigenvalue weighted by atomic mass is 19.1. The first-order valence-electron chi connectivity index (χ1n) is 6.41. The van der Waals surface area contributed by atoms with E-state index in [1.165, 1.54) is 6.07 Å². The van der Waals surface area contributed by atoms with Gasteiger partial charge in [0.15, 0.2) is 0 Å². The summed E-state index contributed by atoms with van der Waals surface area (Å²) in [6.45, 7) is 5.15. The third kappa shape index (κ3) is 3.71. The molecule has 19 heavy (non-hydrogen) atoms. The Morgan fingerprint density at radius 3 is 2.53 bits per heavy atom. The highest BCUT2D eigenvalue weighted by molar-refractivity contribution is 5.47. The fourth-order valence-corrected chi connectivity index (χ4v) is 1.84. The van der Waals surface area contributed by atoms with Gasteiger partial charge in [0.2, 0.25) is 0 Å². The lowest BCUT2D eigenvalue weighted by Crippen LogP contribution is -2.02. The summed E-state index contributed by atoms with van der Waals surface area (Å²) in [5, 5.41) is 3.11. The van der Waals surface area contributed by atoms with Crippen molar-refractivity contribution in [2.75, 3.05) is 11.9 Å². The van der Waals surface area contributed by atoms with Crippen molar-refractivity contribution in [2.24, 2.45) is 0 Å². The zero-order chi connectivity index (χ0) is 13.7. The fraction of sp³-hybridized carbons (Fsp3) is 0.250.